The zero-order valence-electron chi connectivity index (χ0n) is 36.2. The van der Waals surface area contributed by atoms with Crippen LogP contribution in [0.1, 0.15) is 95.1 Å². The third-order valence-electron chi connectivity index (χ3n) is 11.0. The molecule has 6 rings (SSSR count). The number of ether oxygens (including phenoxy) is 2. The van der Waals surface area contributed by atoms with Crippen LogP contribution in [0.4, 0.5) is 15.3 Å². The van der Waals surface area contributed by atoms with Crippen LogP contribution in [0.25, 0.3) is 22.0 Å². The molecule has 4 aromatic rings. The molecule has 1 saturated carbocycles. The van der Waals surface area contributed by atoms with Gasteiger partial charge in [-0.1, -0.05) is 30.3 Å². The van der Waals surface area contributed by atoms with Gasteiger partial charge in [0.2, 0.25) is 11.8 Å². The van der Waals surface area contributed by atoms with Crippen molar-refractivity contribution in [3.63, 3.8) is 0 Å². The minimum atomic E-state index is -0.901. The molecule has 15 heteroatoms. The second kappa shape index (κ2) is 18.7. The molecule has 2 atom stereocenters. The number of alkyl carbamates (subject to hydrolysis) is 1. The van der Waals surface area contributed by atoms with E-state index < -0.39 is 29.2 Å². The summed E-state index contributed by atoms with van der Waals surface area (Å²) in [7, 11) is 0. The standard InChI is InChI=1S/C46H59N7O8/c1-27-22-32(40(55)49-34-20-21-53(26-34)44(59)61-46(5,6)7)16-18-35(27)30-12-8-28(9-13-30)23-38(42(57)48-33-17-19-36-37(24-33)51-52-41(36)56)50-39(54)31-14-10-29(11-15-31)25-47-43(58)60-45(2,3)4/h8-9,12-13,16-19,22,24,29,31,34,38H,10-11,14-15,20-21,23,25-26H2,1-7H3,(H,47,58)(H,48,57)(H,49,55)(H,50,54)(H2,51,52,56)/t29-,31-,34-,38-/m0/s1. The van der Waals surface area contributed by atoms with Gasteiger partial charge in [-0.2, -0.15) is 0 Å². The van der Waals surface area contributed by atoms with Crippen LogP contribution >= 0.6 is 0 Å². The van der Waals surface area contributed by atoms with Gasteiger partial charge in [0.05, 0.1) is 10.9 Å². The molecule has 2 fully saturated rings. The van der Waals surface area contributed by atoms with Crippen LogP contribution in [0.5, 0.6) is 0 Å². The van der Waals surface area contributed by atoms with E-state index in [-0.39, 0.29) is 47.8 Å². The van der Waals surface area contributed by atoms with Gasteiger partial charge in [0.25, 0.3) is 11.5 Å². The van der Waals surface area contributed by atoms with Crippen molar-refractivity contribution in [2.24, 2.45) is 11.8 Å². The number of carbonyl (C=O) groups is 5. The molecule has 1 aromatic heterocycles. The number of aryl methyl sites for hydroxylation is 1. The summed E-state index contributed by atoms with van der Waals surface area (Å²) >= 11 is 0. The summed E-state index contributed by atoms with van der Waals surface area (Å²) in [5, 5.41) is 17.7. The molecule has 2 heterocycles. The van der Waals surface area contributed by atoms with Crippen LogP contribution in [0.2, 0.25) is 0 Å². The van der Waals surface area contributed by atoms with E-state index in [9.17, 15) is 28.8 Å². The number of amides is 5. The predicted octanol–water partition coefficient (Wildman–Crippen LogP) is 6.57. The summed E-state index contributed by atoms with van der Waals surface area (Å²) in [6.45, 7) is 14.2. The Morgan fingerprint density at radius 1 is 0.836 bits per heavy atom. The molecule has 1 aliphatic heterocycles. The maximum atomic E-state index is 13.9. The first kappa shape index (κ1) is 44.4. The number of likely N-dealkylation sites (tertiary alicyclic amines) is 1. The van der Waals surface area contributed by atoms with Gasteiger partial charge in [-0.15, -0.1) is 0 Å². The smallest absolute Gasteiger partial charge is 0.410 e. The summed E-state index contributed by atoms with van der Waals surface area (Å²) in [4.78, 5) is 79.2. The fraction of sp³-hybridized carbons (Fsp3) is 0.478. The Hall–Kier alpha value is -6.12. The molecular formula is C46H59N7O8. The molecule has 1 saturated heterocycles. The Bertz CT molecular complexity index is 2290. The number of nitrogens with one attached hydrogen (secondary N) is 6. The highest BCUT2D eigenvalue weighted by atomic mass is 16.6. The lowest BCUT2D eigenvalue weighted by Crippen LogP contribution is -2.48. The molecule has 0 spiro atoms. The number of benzene rings is 3. The minimum Gasteiger partial charge on any atom is -0.444 e. The number of aromatic amines is 2. The predicted molar refractivity (Wildman–Crippen MR) is 233 cm³/mol. The SMILES string of the molecule is Cc1cc(C(=O)N[C@H]2CCN(C(=O)OC(C)(C)C)C2)ccc1-c1ccc(C[C@H](NC(=O)[C@H]2CC[C@H](CNC(=O)OC(C)(C)C)CC2)C(=O)Nc2ccc3c(=O)[nH][nH]c3c2)cc1. The van der Waals surface area contributed by atoms with Gasteiger partial charge in [0.15, 0.2) is 0 Å². The fourth-order valence-corrected chi connectivity index (χ4v) is 7.84. The molecule has 1 aliphatic carbocycles. The molecular weight excluding hydrogens is 779 g/mol. The Morgan fingerprint density at radius 2 is 1.54 bits per heavy atom. The van der Waals surface area contributed by atoms with Crippen LogP contribution in [0, 0.1) is 18.8 Å². The van der Waals surface area contributed by atoms with Crippen LogP contribution in [0.15, 0.2) is 65.5 Å². The quantitative estimate of drug-likeness (QED) is 0.0973. The third-order valence-corrected chi connectivity index (χ3v) is 11.0. The molecule has 0 bridgehead atoms. The van der Waals surface area contributed by atoms with Crippen molar-refractivity contribution in [3.05, 3.63) is 87.7 Å². The van der Waals surface area contributed by atoms with Crippen molar-refractivity contribution in [1.82, 2.24) is 31.0 Å². The number of hydrogen-bond donors (Lipinski definition) is 6. The Labute approximate surface area is 356 Å². The lowest BCUT2D eigenvalue weighted by Gasteiger charge is -2.29. The van der Waals surface area contributed by atoms with E-state index in [0.29, 0.717) is 61.1 Å². The number of anilines is 1. The molecule has 3 aromatic carbocycles. The van der Waals surface area contributed by atoms with Crippen molar-refractivity contribution < 1.29 is 33.4 Å². The number of hydrogen-bond acceptors (Lipinski definition) is 8. The largest absolute Gasteiger partial charge is 0.444 e. The Morgan fingerprint density at radius 3 is 2.21 bits per heavy atom. The van der Waals surface area contributed by atoms with Crippen molar-refractivity contribution >= 4 is 46.5 Å². The first-order valence-electron chi connectivity index (χ1n) is 21.1. The zero-order valence-corrected chi connectivity index (χ0v) is 36.2. The van der Waals surface area contributed by atoms with Crippen molar-refractivity contribution in [2.45, 2.75) is 110 Å². The number of aromatic nitrogens is 2. The summed E-state index contributed by atoms with van der Waals surface area (Å²) in [6, 6.07) is 17.2. The van der Waals surface area contributed by atoms with Gasteiger partial charge in [-0.3, -0.25) is 29.4 Å². The average Bonchev–Trinajstić information content (AvgIpc) is 3.82. The summed E-state index contributed by atoms with van der Waals surface area (Å²) in [5.41, 5.74) is 3.70. The lowest BCUT2D eigenvalue weighted by atomic mass is 9.81. The first-order chi connectivity index (χ1) is 28.8. The number of carbonyl (C=O) groups excluding carboxylic acids is 5. The second-order valence-electron chi connectivity index (χ2n) is 18.3. The monoisotopic (exact) mass is 837 g/mol. The summed E-state index contributed by atoms with van der Waals surface area (Å²) < 4.78 is 10.8. The van der Waals surface area contributed by atoms with Crippen molar-refractivity contribution in [1.29, 1.82) is 0 Å². The third kappa shape index (κ3) is 12.2. The van der Waals surface area contributed by atoms with Gasteiger partial charge >= 0.3 is 12.2 Å². The Balaban J connectivity index is 1.09. The van der Waals surface area contributed by atoms with E-state index in [0.717, 1.165) is 35.1 Å². The maximum Gasteiger partial charge on any atom is 0.410 e. The highest BCUT2D eigenvalue weighted by Gasteiger charge is 2.32. The highest BCUT2D eigenvalue weighted by molar-refractivity contribution is 5.99. The molecule has 326 valence electrons. The number of rotatable bonds is 11. The second-order valence-corrected chi connectivity index (χ2v) is 18.3. The van der Waals surface area contributed by atoms with Gasteiger partial charge in [-0.25, -0.2) is 9.59 Å². The van der Waals surface area contributed by atoms with Gasteiger partial charge < -0.3 is 35.6 Å². The van der Waals surface area contributed by atoms with Crippen LogP contribution in [-0.4, -0.2) is 87.9 Å². The van der Waals surface area contributed by atoms with E-state index in [1.165, 1.54) is 0 Å². The maximum absolute atomic E-state index is 13.9. The van der Waals surface area contributed by atoms with E-state index in [2.05, 4.69) is 31.5 Å². The molecule has 5 amide bonds. The highest BCUT2D eigenvalue weighted by Crippen LogP contribution is 2.30. The summed E-state index contributed by atoms with van der Waals surface area (Å²) in [6.07, 6.45) is 2.78. The molecule has 0 radical (unpaired) electrons. The van der Waals surface area contributed by atoms with Crippen molar-refractivity contribution in [3.8, 4) is 11.1 Å². The van der Waals surface area contributed by atoms with Crippen molar-refractivity contribution in [2.75, 3.05) is 25.0 Å². The zero-order chi connectivity index (χ0) is 44.1. The molecule has 0 unspecified atom stereocenters. The lowest BCUT2D eigenvalue weighted by molar-refractivity contribution is -0.130. The molecule has 6 N–H and O–H groups in total. The van der Waals surface area contributed by atoms with E-state index in [1.54, 1.807) is 29.2 Å². The molecule has 2 aliphatic rings. The van der Waals surface area contributed by atoms with Crippen LogP contribution in [0.3, 0.4) is 0 Å². The van der Waals surface area contributed by atoms with E-state index in [4.69, 9.17) is 9.47 Å². The van der Waals surface area contributed by atoms with Crippen LogP contribution in [-0.2, 0) is 25.5 Å². The summed E-state index contributed by atoms with van der Waals surface area (Å²) in [5.74, 6) is -0.873. The van der Waals surface area contributed by atoms with E-state index >= 15 is 0 Å². The Kier molecular flexibility index (Phi) is 13.6. The number of H-pyrrole nitrogens is 2. The molecule has 61 heavy (non-hydrogen) atoms. The number of nitrogens with zero attached hydrogens (tertiary/aromatic N) is 1. The minimum absolute atomic E-state index is 0.175. The normalized spacial score (nSPS) is 18.5. The first-order valence-corrected chi connectivity index (χ1v) is 21.1. The molecule has 15 nitrogen and oxygen atoms in total. The van der Waals surface area contributed by atoms with Gasteiger partial charge in [0, 0.05) is 49.3 Å². The van der Waals surface area contributed by atoms with E-state index in [1.807, 2.05) is 84.9 Å². The van der Waals surface area contributed by atoms with Crippen LogP contribution < -0.4 is 26.8 Å². The van der Waals surface area contributed by atoms with Gasteiger partial charge in [0.1, 0.15) is 17.2 Å². The fourth-order valence-electron chi connectivity index (χ4n) is 7.84. The topological polar surface area (TPSA) is 204 Å². The van der Waals surface area contributed by atoms with Gasteiger partial charge in [-0.05, 0) is 139 Å². The number of fused-ring (bicyclic) bond motifs is 1. The average molecular weight is 838 g/mol.